The first kappa shape index (κ1) is 15.2. The van der Waals surface area contributed by atoms with Crippen LogP contribution in [0, 0.1) is 29.1 Å². The first-order chi connectivity index (χ1) is 10.5. The maximum Gasteiger partial charge on any atom is 0.155 e. The van der Waals surface area contributed by atoms with Gasteiger partial charge in [-0.2, -0.15) is 0 Å². The van der Waals surface area contributed by atoms with E-state index in [2.05, 4.69) is 29.8 Å². The summed E-state index contributed by atoms with van der Waals surface area (Å²) in [5.41, 5.74) is 3.66. The average Bonchev–Trinajstić information content (AvgIpc) is 2.84. The summed E-state index contributed by atoms with van der Waals surface area (Å²) in [4.78, 5) is 11.7. The van der Waals surface area contributed by atoms with Crippen molar-refractivity contribution < 1.29 is 4.79 Å². The van der Waals surface area contributed by atoms with E-state index in [0.717, 1.165) is 36.5 Å². The molecule has 0 spiro atoms. The molecule has 120 valence electrons. The van der Waals surface area contributed by atoms with Crippen molar-refractivity contribution in [3.63, 3.8) is 0 Å². The van der Waals surface area contributed by atoms with Gasteiger partial charge in [0.25, 0.3) is 0 Å². The molecule has 4 aliphatic carbocycles. The van der Waals surface area contributed by atoms with Crippen LogP contribution >= 0.6 is 15.9 Å². The molecule has 0 heterocycles. The molecule has 0 amide bonds. The molecule has 4 aliphatic rings. The van der Waals surface area contributed by atoms with Gasteiger partial charge < -0.3 is 0 Å². The van der Waals surface area contributed by atoms with Gasteiger partial charge in [-0.15, -0.1) is 0 Å². The summed E-state index contributed by atoms with van der Waals surface area (Å²) in [6.07, 6.45) is 11.9. The zero-order valence-corrected chi connectivity index (χ0v) is 15.4. The smallest absolute Gasteiger partial charge is 0.155 e. The molecule has 0 aromatic heterocycles. The maximum atomic E-state index is 11.7. The second-order valence-corrected chi connectivity index (χ2v) is 9.50. The third-order valence-corrected chi connectivity index (χ3v) is 7.98. The largest absolute Gasteiger partial charge is 0.295 e. The molecule has 0 aromatic carbocycles. The van der Waals surface area contributed by atoms with Gasteiger partial charge in [0.05, 0.1) is 0 Å². The lowest BCUT2D eigenvalue weighted by Gasteiger charge is -2.53. The average molecular weight is 363 g/mol. The monoisotopic (exact) mass is 362 g/mol. The van der Waals surface area contributed by atoms with Crippen molar-refractivity contribution in [3.05, 3.63) is 21.7 Å². The summed E-state index contributed by atoms with van der Waals surface area (Å²) in [7, 11) is 0. The SMILES string of the molecule is C/C(Br)=C1\CC[C@H]2[C@@H]3CCC4=CC(=O)CC[C@@H]4[C@H]3CC[C@]12C. The van der Waals surface area contributed by atoms with Crippen LogP contribution in [0.25, 0.3) is 0 Å². The molecule has 4 rings (SSSR count). The second kappa shape index (κ2) is 5.33. The standard InChI is InChI=1S/C20H27BrO/c1-12(21)18-7-8-19-17-5-3-13-11-14(22)4-6-15(13)16(17)9-10-20(18,19)2/h11,15-17,19H,3-10H2,1-2H3/b18-12-/t15-,16+,17+,19-,20+/m0/s1. The number of fused-ring (bicyclic) bond motifs is 5. The van der Waals surface area contributed by atoms with Crippen LogP contribution in [0.1, 0.15) is 65.2 Å². The number of rotatable bonds is 0. The normalized spacial score (nSPS) is 46.5. The molecule has 0 unspecified atom stereocenters. The van der Waals surface area contributed by atoms with E-state index in [0.29, 0.717) is 11.2 Å². The Morgan fingerprint density at radius 2 is 1.95 bits per heavy atom. The summed E-state index contributed by atoms with van der Waals surface area (Å²) >= 11 is 3.78. The van der Waals surface area contributed by atoms with Gasteiger partial charge in [-0.05, 0) is 91.5 Å². The van der Waals surface area contributed by atoms with Gasteiger partial charge >= 0.3 is 0 Å². The maximum absolute atomic E-state index is 11.7. The second-order valence-electron chi connectivity index (χ2n) is 8.31. The van der Waals surface area contributed by atoms with E-state index >= 15 is 0 Å². The van der Waals surface area contributed by atoms with Crippen molar-refractivity contribution in [3.8, 4) is 0 Å². The van der Waals surface area contributed by atoms with Crippen LogP contribution in [-0.4, -0.2) is 5.78 Å². The van der Waals surface area contributed by atoms with Crippen LogP contribution in [0.15, 0.2) is 21.7 Å². The number of hydrogen-bond acceptors (Lipinski definition) is 1. The Bertz CT molecular complexity index is 568. The van der Waals surface area contributed by atoms with Gasteiger partial charge in [0.2, 0.25) is 0 Å². The molecular weight excluding hydrogens is 336 g/mol. The number of hydrogen-bond donors (Lipinski definition) is 0. The van der Waals surface area contributed by atoms with Crippen molar-refractivity contribution in [2.24, 2.45) is 29.1 Å². The Hall–Kier alpha value is -0.370. The Labute approximate surface area is 142 Å². The molecule has 3 fully saturated rings. The number of carbonyl (C=O) groups excluding carboxylic acids is 1. The topological polar surface area (TPSA) is 17.1 Å². The van der Waals surface area contributed by atoms with Crippen LogP contribution < -0.4 is 0 Å². The molecule has 0 saturated heterocycles. The highest BCUT2D eigenvalue weighted by Gasteiger charge is 2.54. The Balaban J connectivity index is 1.65. The molecular formula is C20H27BrO. The fourth-order valence-corrected chi connectivity index (χ4v) is 7.21. The lowest BCUT2D eigenvalue weighted by Crippen LogP contribution is -2.45. The van der Waals surface area contributed by atoms with Crippen LogP contribution in [-0.2, 0) is 4.79 Å². The third kappa shape index (κ3) is 2.12. The lowest BCUT2D eigenvalue weighted by molar-refractivity contribution is -0.115. The summed E-state index contributed by atoms with van der Waals surface area (Å²) in [5, 5.41) is 0. The number of carbonyl (C=O) groups is 1. The molecule has 0 N–H and O–H groups in total. The highest BCUT2D eigenvalue weighted by atomic mass is 79.9. The van der Waals surface area contributed by atoms with E-state index < -0.39 is 0 Å². The lowest BCUT2D eigenvalue weighted by atomic mass is 9.52. The fraction of sp³-hybridized carbons (Fsp3) is 0.750. The van der Waals surface area contributed by atoms with E-state index in [-0.39, 0.29) is 0 Å². The van der Waals surface area contributed by atoms with Crippen molar-refractivity contribution in [1.29, 1.82) is 0 Å². The van der Waals surface area contributed by atoms with Gasteiger partial charge in [-0.25, -0.2) is 0 Å². The minimum absolute atomic E-state index is 0.381. The molecule has 0 aromatic rings. The van der Waals surface area contributed by atoms with Gasteiger partial charge in [-0.3, -0.25) is 4.79 Å². The highest BCUT2D eigenvalue weighted by Crippen LogP contribution is 2.64. The van der Waals surface area contributed by atoms with Gasteiger partial charge in [-0.1, -0.05) is 34.0 Å². The third-order valence-electron chi connectivity index (χ3n) is 7.50. The summed E-state index contributed by atoms with van der Waals surface area (Å²) in [6, 6.07) is 0. The van der Waals surface area contributed by atoms with Crippen molar-refractivity contribution in [2.45, 2.75) is 65.2 Å². The number of ketones is 1. The van der Waals surface area contributed by atoms with Crippen LogP contribution in [0.4, 0.5) is 0 Å². The minimum atomic E-state index is 0.381. The summed E-state index contributed by atoms with van der Waals surface area (Å²) in [5.74, 6) is 3.76. The summed E-state index contributed by atoms with van der Waals surface area (Å²) < 4.78 is 1.40. The van der Waals surface area contributed by atoms with Crippen LogP contribution in [0.5, 0.6) is 0 Å². The van der Waals surface area contributed by atoms with E-state index in [4.69, 9.17) is 0 Å². The quantitative estimate of drug-likeness (QED) is 0.532. The van der Waals surface area contributed by atoms with E-state index in [1.165, 1.54) is 48.6 Å². The predicted molar refractivity (Wildman–Crippen MR) is 93.7 cm³/mol. The first-order valence-electron chi connectivity index (χ1n) is 9.10. The van der Waals surface area contributed by atoms with E-state index in [9.17, 15) is 4.79 Å². The van der Waals surface area contributed by atoms with E-state index in [1.807, 2.05) is 6.08 Å². The Kier molecular flexibility index (Phi) is 3.67. The molecule has 0 radical (unpaired) electrons. The number of allylic oxidation sites excluding steroid dienone is 3. The van der Waals surface area contributed by atoms with Crippen molar-refractivity contribution >= 4 is 21.7 Å². The van der Waals surface area contributed by atoms with Crippen LogP contribution in [0.3, 0.4) is 0 Å². The van der Waals surface area contributed by atoms with Gasteiger partial charge in [0, 0.05) is 6.42 Å². The Morgan fingerprint density at radius 1 is 1.14 bits per heavy atom. The highest BCUT2D eigenvalue weighted by molar-refractivity contribution is 9.11. The molecule has 5 atom stereocenters. The minimum Gasteiger partial charge on any atom is -0.295 e. The fourth-order valence-electron chi connectivity index (χ4n) is 6.56. The molecule has 3 saturated carbocycles. The summed E-state index contributed by atoms with van der Waals surface area (Å²) in [6.45, 7) is 4.78. The van der Waals surface area contributed by atoms with E-state index in [1.54, 1.807) is 5.57 Å². The molecule has 1 nitrogen and oxygen atoms in total. The van der Waals surface area contributed by atoms with Crippen molar-refractivity contribution in [1.82, 2.24) is 0 Å². The van der Waals surface area contributed by atoms with Crippen molar-refractivity contribution in [2.75, 3.05) is 0 Å². The first-order valence-corrected chi connectivity index (χ1v) is 9.89. The molecule has 22 heavy (non-hydrogen) atoms. The molecule has 0 bridgehead atoms. The molecule has 2 heteroatoms. The number of halogens is 1. The Morgan fingerprint density at radius 3 is 2.73 bits per heavy atom. The van der Waals surface area contributed by atoms with Gasteiger partial charge in [0.15, 0.2) is 5.78 Å². The zero-order valence-electron chi connectivity index (χ0n) is 13.8. The zero-order chi connectivity index (χ0) is 15.5. The van der Waals surface area contributed by atoms with Gasteiger partial charge in [0.1, 0.15) is 0 Å². The predicted octanol–water partition coefficient (Wildman–Crippen LogP) is 5.80. The van der Waals surface area contributed by atoms with Crippen LogP contribution in [0.2, 0.25) is 0 Å². The molecule has 0 aliphatic heterocycles.